The first-order valence-electron chi connectivity index (χ1n) is 5.58. The lowest BCUT2D eigenvalue weighted by Gasteiger charge is -2.12. The van der Waals surface area contributed by atoms with E-state index in [1.807, 2.05) is 6.07 Å². The highest BCUT2D eigenvalue weighted by atomic mass is 32.2. The van der Waals surface area contributed by atoms with E-state index < -0.39 is 28.6 Å². The van der Waals surface area contributed by atoms with Crippen LogP contribution in [-0.4, -0.2) is 39.3 Å². The number of ether oxygens (including phenoxy) is 1. The van der Waals surface area contributed by atoms with Gasteiger partial charge in [0.15, 0.2) is 6.10 Å². The highest BCUT2D eigenvalue weighted by molar-refractivity contribution is 7.89. The van der Waals surface area contributed by atoms with Gasteiger partial charge in [-0.15, -0.1) is 0 Å². The molecular formula is C12H14N2O5S. The SMILES string of the molecule is COC(=O)C(O)CNS(=O)(=O)c1ccc(C#N)cc1C. The second kappa shape index (κ2) is 6.47. The normalized spacial score (nSPS) is 12.5. The average molecular weight is 298 g/mol. The second-order valence-corrected chi connectivity index (χ2v) is 5.72. The Kier molecular flexibility index (Phi) is 5.21. The summed E-state index contributed by atoms with van der Waals surface area (Å²) in [6, 6.07) is 6.00. The molecule has 108 valence electrons. The zero-order chi connectivity index (χ0) is 15.3. The van der Waals surface area contributed by atoms with E-state index in [-0.39, 0.29) is 4.90 Å². The number of aliphatic hydroxyl groups is 1. The van der Waals surface area contributed by atoms with Crippen LogP contribution in [0.1, 0.15) is 11.1 Å². The Morgan fingerprint density at radius 3 is 2.70 bits per heavy atom. The molecule has 0 saturated heterocycles. The van der Waals surface area contributed by atoms with Crippen LogP contribution in [0.3, 0.4) is 0 Å². The Bertz CT molecular complexity index is 648. The number of methoxy groups -OCH3 is 1. The summed E-state index contributed by atoms with van der Waals surface area (Å²) >= 11 is 0. The maximum atomic E-state index is 12.0. The molecule has 1 aromatic carbocycles. The predicted molar refractivity (Wildman–Crippen MR) is 69.1 cm³/mol. The number of carbonyl (C=O) groups excluding carboxylic acids is 1. The Morgan fingerprint density at radius 2 is 2.20 bits per heavy atom. The van der Waals surface area contributed by atoms with Crippen LogP contribution >= 0.6 is 0 Å². The summed E-state index contributed by atoms with van der Waals surface area (Å²) in [6.45, 7) is 1.06. The van der Waals surface area contributed by atoms with E-state index in [2.05, 4.69) is 9.46 Å². The number of nitriles is 1. The number of esters is 1. The number of benzene rings is 1. The molecule has 0 aliphatic rings. The number of hydrogen-bond acceptors (Lipinski definition) is 6. The number of nitrogens with one attached hydrogen (secondary N) is 1. The molecule has 0 bridgehead atoms. The molecule has 20 heavy (non-hydrogen) atoms. The van der Waals surface area contributed by atoms with Gasteiger partial charge < -0.3 is 9.84 Å². The number of sulfonamides is 1. The van der Waals surface area contributed by atoms with Gasteiger partial charge in [0, 0.05) is 6.54 Å². The maximum Gasteiger partial charge on any atom is 0.336 e. The third-order valence-corrected chi connectivity index (χ3v) is 4.12. The van der Waals surface area contributed by atoms with Crippen molar-refractivity contribution in [3.8, 4) is 6.07 Å². The van der Waals surface area contributed by atoms with Crippen LogP contribution in [-0.2, 0) is 19.6 Å². The van der Waals surface area contributed by atoms with Crippen LogP contribution in [0.4, 0.5) is 0 Å². The van der Waals surface area contributed by atoms with Crippen molar-refractivity contribution in [2.75, 3.05) is 13.7 Å². The second-order valence-electron chi connectivity index (χ2n) is 3.98. The van der Waals surface area contributed by atoms with E-state index in [1.54, 1.807) is 6.92 Å². The monoisotopic (exact) mass is 298 g/mol. The maximum absolute atomic E-state index is 12.0. The summed E-state index contributed by atoms with van der Waals surface area (Å²) in [5.41, 5.74) is 0.736. The summed E-state index contributed by atoms with van der Waals surface area (Å²) in [5.74, 6) is -0.927. The van der Waals surface area contributed by atoms with Crippen molar-refractivity contribution in [3.05, 3.63) is 29.3 Å². The van der Waals surface area contributed by atoms with Gasteiger partial charge in [0.2, 0.25) is 10.0 Å². The fourth-order valence-electron chi connectivity index (χ4n) is 1.51. The molecule has 2 N–H and O–H groups in total. The van der Waals surface area contributed by atoms with Crippen molar-refractivity contribution in [1.82, 2.24) is 4.72 Å². The van der Waals surface area contributed by atoms with Gasteiger partial charge in [-0.25, -0.2) is 17.9 Å². The molecule has 1 aromatic rings. The van der Waals surface area contributed by atoms with Gasteiger partial charge in [-0.3, -0.25) is 0 Å². The van der Waals surface area contributed by atoms with Crippen LogP contribution in [0.5, 0.6) is 0 Å². The number of aliphatic hydroxyl groups excluding tert-OH is 1. The standard InChI is InChI=1S/C12H14N2O5S/c1-8-5-9(6-13)3-4-11(8)20(17,18)14-7-10(15)12(16)19-2/h3-5,10,14-15H,7H2,1-2H3. The Balaban J connectivity index is 2.90. The number of nitrogens with zero attached hydrogens (tertiary/aromatic N) is 1. The molecule has 0 aliphatic carbocycles. The van der Waals surface area contributed by atoms with Crippen LogP contribution in [0.2, 0.25) is 0 Å². The molecule has 0 fully saturated rings. The molecule has 0 amide bonds. The molecule has 0 aliphatic heterocycles. The van der Waals surface area contributed by atoms with Gasteiger partial charge in [-0.2, -0.15) is 5.26 Å². The van der Waals surface area contributed by atoms with Crippen molar-refractivity contribution in [2.45, 2.75) is 17.9 Å². The fraction of sp³-hybridized carbons (Fsp3) is 0.333. The van der Waals surface area contributed by atoms with Gasteiger partial charge in [0.25, 0.3) is 0 Å². The third kappa shape index (κ3) is 3.77. The predicted octanol–water partition coefficient (Wildman–Crippen LogP) is -0.321. The topological polar surface area (TPSA) is 116 Å². The van der Waals surface area contributed by atoms with E-state index in [0.29, 0.717) is 11.1 Å². The lowest BCUT2D eigenvalue weighted by molar-refractivity contribution is -0.149. The molecule has 7 nitrogen and oxygen atoms in total. The average Bonchev–Trinajstić information content (AvgIpc) is 2.43. The van der Waals surface area contributed by atoms with E-state index in [1.165, 1.54) is 18.2 Å². The Morgan fingerprint density at radius 1 is 1.55 bits per heavy atom. The summed E-state index contributed by atoms with van der Waals surface area (Å²) in [4.78, 5) is 11.0. The zero-order valence-electron chi connectivity index (χ0n) is 11.0. The van der Waals surface area contributed by atoms with Crippen LogP contribution < -0.4 is 4.72 Å². The molecule has 1 atom stereocenters. The number of aryl methyl sites for hydroxylation is 1. The third-order valence-electron chi connectivity index (χ3n) is 2.53. The first-order chi connectivity index (χ1) is 9.31. The lowest BCUT2D eigenvalue weighted by Crippen LogP contribution is -2.37. The molecule has 8 heteroatoms. The minimum absolute atomic E-state index is 0.0198. The molecule has 1 rings (SSSR count). The molecule has 0 aromatic heterocycles. The van der Waals surface area contributed by atoms with Gasteiger partial charge in [0.05, 0.1) is 23.6 Å². The molecule has 0 radical (unpaired) electrons. The summed E-state index contributed by atoms with van der Waals surface area (Å²) < 4.78 is 30.4. The minimum atomic E-state index is -3.88. The van der Waals surface area contributed by atoms with E-state index in [4.69, 9.17) is 5.26 Å². The molecule has 0 heterocycles. The van der Waals surface area contributed by atoms with Crippen molar-refractivity contribution in [3.63, 3.8) is 0 Å². The summed E-state index contributed by atoms with van der Waals surface area (Å²) in [7, 11) is -2.79. The summed E-state index contributed by atoms with van der Waals surface area (Å²) in [5, 5.41) is 18.1. The molecule has 0 saturated carbocycles. The van der Waals surface area contributed by atoms with Crippen LogP contribution in [0.15, 0.2) is 23.1 Å². The number of carbonyl (C=O) groups is 1. The highest BCUT2D eigenvalue weighted by Gasteiger charge is 2.21. The molecule has 0 spiro atoms. The van der Waals surface area contributed by atoms with Crippen LogP contribution in [0.25, 0.3) is 0 Å². The van der Waals surface area contributed by atoms with Gasteiger partial charge in [-0.1, -0.05) is 0 Å². The van der Waals surface area contributed by atoms with Crippen LogP contribution in [0, 0.1) is 18.3 Å². The Hall–Kier alpha value is -1.95. The first-order valence-corrected chi connectivity index (χ1v) is 7.06. The molecular weight excluding hydrogens is 284 g/mol. The largest absolute Gasteiger partial charge is 0.467 e. The van der Waals surface area contributed by atoms with Crippen molar-refractivity contribution in [1.29, 1.82) is 5.26 Å². The fourth-order valence-corrected chi connectivity index (χ4v) is 2.77. The Labute approximate surface area is 116 Å². The zero-order valence-corrected chi connectivity index (χ0v) is 11.8. The number of rotatable bonds is 5. The first kappa shape index (κ1) is 16.1. The smallest absolute Gasteiger partial charge is 0.336 e. The van der Waals surface area contributed by atoms with Crippen molar-refractivity contribution in [2.24, 2.45) is 0 Å². The van der Waals surface area contributed by atoms with E-state index in [0.717, 1.165) is 7.11 Å². The van der Waals surface area contributed by atoms with E-state index in [9.17, 15) is 18.3 Å². The minimum Gasteiger partial charge on any atom is -0.467 e. The number of hydrogen-bond donors (Lipinski definition) is 2. The van der Waals surface area contributed by atoms with Crippen molar-refractivity contribution < 1.29 is 23.1 Å². The molecule has 1 unspecified atom stereocenters. The van der Waals surface area contributed by atoms with Gasteiger partial charge in [-0.05, 0) is 30.7 Å². The highest BCUT2D eigenvalue weighted by Crippen LogP contribution is 2.16. The van der Waals surface area contributed by atoms with Gasteiger partial charge in [0.1, 0.15) is 0 Å². The summed E-state index contributed by atoms with van der Waals surface area (Å²) in [6.07, 6.45) is -1.58. The van der Waals surface area contributed by atoms with E-state index >= 15 is 0 Å². The lowest BCUT2D eigenvalue weighted by atomic mass is 10.2. The van der Waals surface area contributed by atoms with Gasteiger partial charge >= 0.3 is 5.97 Å². The van der Waals surface area contributed by atoms with Crippen molar-refractivity contribution >= 4 is 16.0 Å². The quantitative estimate of drug-likeness (QED) is 0.719.